The number of carbonyl (C=O) groups excluding carboxylic acids is 1. The number of anilines is 1. The van der Waals surface area contributed by atoms with Gasteiger partial charge in [0.05, 0.1) is 6.26 Å². The Hall–Kier alpha value is -1.91. The maximum absolute atomic E-state index is 12.3. The Balaban J connectivity index is 1.44. The number of hydrogen-bond donors (Lipinski definition) is 1. The largest absolute Gasteiger partial charge is 0.408 e. The second-order valence-electron chi connectivity index (χ2n) is 6.34. The standard InChI is InChI=1S/C17H22N4O4S2/c1-27(23,24)21-10-7-13(8-11-21)16(22)18-17-20-19-15(25-17)9-12-26-14-5-3-2-4-6-14/h2-6,13H,7-12H2,1H3,(H,18,20,22). The SMILES string of the molecule is CS(=O)(=O)N1CCC(C(=O)Nc2nnc(CCSc3ccccc3)o2)CC1. The summed E-state index contributed by atoms with van der Waals surface area (Å²) in [4.78, 5) is 13.5. The zero-order valence-electron chi connectivity index (χ0n) is 15.0. The summed E-state index contributed by atoms with van der Waals surface area (Å²) in [5.41, 5.74) is 0. The maximum Gasteiger partial charge on any atom is 0.322 e. The number of benzene rings is 1. The average Bonchev–Trinajstić information content (AvgIpc) is 3.09. The molecular weight excluding hydrogens is 388 g/mol. The van der Waals surface area contributed by atoms with E-state index in [1.807, 2.05) is 30.3 Å². The summed E-state index contributed by atoms with van der Waals surface area (Å²) >= 11 is 1.69. The van der Waals surface area contributed by atoms with Crippen molar-refractivity contribution in [3.05, 3.63) is 36.2 Å². The van der Waals surface area contributed by atoms with Crippen LogP contribution in [0.15, 0.2) is 39.6 Å². The zero-order valence-corrected chi connectivity index (χ0v) is 16.6. The van der Waals surface area contributed by atoms with E-state index >= 15 is 0 Å². The van der Waals surface area contributed by atoms with Crippen molar-refractivity contribution in [2.45, 2.75) is 24.2 Å². The van der Waals surface area contributed by atoms with Gasteiger partial charge in [-0.25, -0.2) is 12.7 Å². The average molecular weight is 411 g/mol. The second kappa shape index (κ2) is 8.85. The molecule has 0 radical (unpaired) electrons. The van der Waals surface area contributed by atoms with Crippen LogP contribution < -0.4 is 5.32 Å². The molecule has 0 spiro atoms. The Bertz CT molecular complexity index is 862. The minimum atomic E-state index is -3.20. The van der Waals surface area contributed by atoms with Crippen LogP contribution >= 0.6 is 11.8 Å². The van der Waals surface area contributed by atoms with E-state index in [1.165, 1.54) is 15.5 Å². The number of aromatic nitrogens is 2. The normalized spacial score (nSPS) is 16.3. The van der Waals surface area contributed by atoms with Crippen LogP contribution in [0.2, 0.25) is 0 Å². The smallest absolute Gasteiger partial charge is 0.322 e. The maximum atomic E-state index is 12.3. The van der Waals surface area contributed by atoms with Crippen LogP contribution in [0.25, 0.3) is 0 Å². The van der Waals surface area contributed by atoms with Crippen molar-refractivity contribution < 1.29 is 17.6 Å². The lowest BCUT2D eigenvalue weighted by Gasteiger charge is -2.29. The van der Waals surface area contributed by atoms with Gasteiger partial charge in [-0.3, -0.25) is 10.1 Å². The minimum Gasteiger partial charge on any atom is -0.408 e. The highest BCUT2D eigenvalue weighted by Crippen LogP contribution is 2.21. The molecule has 1 saturated heterocycles. The van der Waals surface area contributed by atoms with Gasteiger partial charge in [-0.1, -0.05) is 23.3 Å². The summed E-state index contributed by atoms with van der Waals surface area (Å²) in [6, 6.07) is 10.1. The highest BCUT2D eigenvalue weighted by molar-refractivity contribution is 7.99. The van der Waals surface area contributed by atoms with Gasteiger partial charge < -0.3 is 4.42 Å². The molecule has 0 atom stereocenters. The van der Waals surface area contributed by atoms with Crippen molar-refractivity contribution in [3.63, 3.8) is 0 Å². The first-order valence-electron chi connectivity index (χ1n) is 8.68. The molecule has 0 saturated carbocycles. The molecule has 2 aromatic rings. The van der Waals surface area contributed by atoms with E-state index in [4.69, 9.17) is 4.42 Å². The van der Waals surface area contributed by atoms with Gasteiger partial charge in [-0.15, -0.1) is 16.9 Å². The Kier molecular flexibility index (Phi) is 6.51. The van der Waals surface area contributed by atoms with E-state index in [2.05, 4.69) is 15.5 Å². The topological polar surface area (TPSA) is 105 Å². The minimum absolute atomic E-state index is 0.0882. The first-order chi connectivity index (χ1) is 12.9. The number of rotatable bonds is 7. The van der Waals surface area contributed by atoms with Crippen molar-refractivity contribution in [2.75, 3.05) is 30.4 Å². The number of aryl methyl sites for hydroxylation is 1. The van der Waals surface area contributed by atoms with Crippen LogP contribution in [-0.2, 0) is 21.2 Å². The lowest BCUT2D eigenvalue weighted by atomic mass is 9.97. The van der Waals surface area contributed by atoms with Gasteiger partial charge in [0.2, 0.25) is 21.8 Å². The fraction of sp³-hybridized carbons (Fsp3) is 0.471. The lowest BCUT2D eigenvalue weighted by molar-refractivity contribution is -0.121. The van der Waals surface area contributed by atoms with Gasteiger partial charge in [0.15, 0.2) is 0 Å². The summed E-state index contributed by atoms with van der Waals surface area (Å²) in [7, 11) is -3.20. The molecule has 0 unspecified atom stereocenters. The van der Waals surface area contributed by atoms with Crippen LogP contribution in [-0.4, -0.2) is 53.9 Å². The number of amides is 1. The van der Waals surface area contributed by atoms with Crippen LogP contribution in [0.5, 0.6) is 0 Å². The zero-order chi connectivity index (χ0) is 19.3. The molecule has 8 nitrogen and oxygen atoms in total. The van der Waals surface area contributed by atoms with Gasteiger partial charge in [-0.2, -0.15) is 0 Å². The van der Waals surface area contributed by atoms with Gasteiger partial charge in [0.25, 0.3) is 0 Å². The van der Waals surface area contributed by atoms with Crippen LogP contribution in [0.1, 0.15) is 18.7 Å². The molecule has 27 heavy (non-hydrogen) atoms. The van der Waals surface area contributed by atoms with Crippen molar-refractivity contribution in [1.29, 1.82) is 0 Å². The molecule has 1 aromatic carbocycles. The van der Waals surface area contributed by atoms with Crippen LogP contribution in [0.4, 0.5) is 6.01 Å². The number of nitrogens with one attached hydrogen (secondary N) is 1. The molecule has 2 heterocycles. The Morgan fingerprint density at radius 3 is 2.63 bits per heavy atom. The number of sulfonamides is 1. The highest BCUT2D eigenvalue weighted by atomic mass is 32.2. The molecule has 1 aliphatic rings. The molecule has 10 heteroatoms. The first kappa shape index (κ1) is 19.8. The molecule has 1 amide bonds. The molecule has 1 aromatic heterocycles. The third-order valence-corrected chi connectivity index (χ3v) is 6.64. The molecular formula is C17H22N4O4S2. The number of carbonyl (C=O) groups is 1. The first-order valence-corrected chi connectivity index (χ1v) is 11.5. The summed E-state index contributed by atoms with van der Waals surface area (Å²) in [5.74, 6) is 0.799. The van der Waals surface area contributed by atoms with Gasteiger partial charge in [0, 0.05) is 36.1 Å². The number of piperidine rings is 1. The lowest BCUT2D eigenvalue weighted by Crippen LogP contribution is -2.40. The van der Waals surface area contributed by atoms with Crippen LogP contribution in [0.3, 0.4) is 0 Å². The molecule has 1 aliphatic heterocycles. The fourth-order valence-electron chi connectivity index (χ4n) is 2.84. The van der Waals surface area contributed by atoms with E-state index in [9.17, 15) is 13.2 Å². The van der Waals surface area contributed by atoms with E-state index in [0.717, 1.165) is 5.75 Å². The molecule has 1 fully saturated rings. The van der Waals surface area contributed by atoms with Crippen molar-refractivity contribution in [2.24, 2.45) is 5.92 Å². The highest BCUT2D eigenvalue weighted by Gasteiger charge is 2.29. The Morgan fingerprint density at radius 2 is 1.96 bits per heavy atom. The van der Waals surface area contributed by atoms with Gasteiger partial charge in [-0.05, 0) is 25.0 Å². The Labute approximate surface area is 162 Å². The monoisotopic (exact) mass is 410 g/mol. The van der Waals surface area contributed by atoms with Gasteiger partial charge in [0.1, 0.15) is 0 Å². The van der Waals surface area contributed by atoms with Crippen molar-refractivity contribution in [3.8, 4) is 0 Å². The quantitative estimate of drug-likeness (QED) is 0.696. The predicted octanol–water partition coefficient (Wildman–Crippen LogP) is 2.01. The third-order valence-electron chi connectivity index (χ3n) is 4.32. The van der Waals surface area contributed by atoms with E-state index < -0.39 is 10.0 Å². The predicted molar refractivity (Wildman–Crippen MR) is 103 cm³/mol. The third kappa shape index (κ3) is 5.78. The number of thioether (sulfide) groups is 1. The summed E-state index contributed by atoms with van der Waals surface area (Å²) in [5, 5.41) is 10.5. The molecule has 3 rings (SSSR count). The fourth-order valence-corrected chi connectivity index (χ4v) is 4.57. The summed E-state index contributed by atoms with van der Waals surface area (Å²) in [6.07, 6.45) is 2.75. The second-order valence-corrected chi connectivity index (χ2v) is 9.49. The number of nitrogens with zero attached hydrogens (tertiary/aromatic N) is 3. The molecule has 1 N–H and O–H groups in total. The summed E-state index contributed by atoms with van der Waals surface area (Å²) in [6.45, 7) is 0.700. The van der Waals surface area contributed by atoms with E-state index in [0.29, 0.717) is 38.2 Å². The van der Waals surface area contributed by atoms with Crippen molar-refractivity contribution in [1.82, 2.24) is 14.5 Å². The van der Waals surface area contributed by atoms with Crippen LogP contribution in [0, 0.1) is 5.92 Å². The van der Waals surface area contributed by atoms with E-state index in [1.54, 1.807) is 11.8 Å². The summed E-state index contributed by atoms with van der Waals surface area (Å²) < 4.78 is 29.9. The van der Waals surface area contributed by atoms with Crippen molar-refractivity contribution >= 4 is 33.7 Å². The Morgan fingerprint density at radius 1 is 1.26 bits per heavy atom. The molecule has 0 bridgehead atoms. The molecule has 146 valence electrons. The molecule has 0 aliphatic carbocycles. The van der Waals surface area contributed by atoms with Gasteiger partial charge >= 0.3 is 6.01 Å². The number of hydrogen-bond acceptors (Lipinski definition) is 7. The van der Waals surface area contributed by atoms with E-state index in [-0.39, 0.29) is 17.8 Å².